The van der Waals surface area contributed by atoms with Gasteiger partial charge in [-0.1, -0.05) is 0 Å². The third-order valence-corrected chi connectivity index (χ3v) is 1.61. The van der Waals surface area contributed by atoms with Crippen molar-refractivity contribution in [3.63, 3.8) is 0 Å². The molecule has 0 radical (unpaired) electrons. The van der Waals surface area contributed by atoms with E-state index >= 15 is 0 Å². The molecule has 0 aliphatic heterocycles. The van der Waals surface area contributed by atoms with Gasteiger partial charge in [-0.3, -0.25) is 9.59 Å². The van der Waals surface area contributed by atoms with E-state index in [0.717, 1.165) is 0 Å². The van der Waals surface area contributed by atoms with E-state index in [1.165, 1.54) is 0 Å². The summed E-state index contributed by atoms with van der Waals surface area (Å²) in [5.74, 6) is -0.244. The molecule has 0 spiro atoms. The van der Waals surface area contributed by atoms with Gasteiger partial charge in [-0.2, -0.15) is 12.6 Å². The lowest BCUT2D eigenvalue weighted by Gasteiger charge is -2.10. The molecule has 6 heteroatoms. The standard InChI is InChI=1S/C5H9ClN2O2S/c6-5(10)3(2-11)8-4(9)1-7/h3,11H,1-2,7H2,(H,8,9)/t3-/m0/s1. The molecule has 0 aromatic heterocycles. The van der Waals surface area contributed by atoms with E-state index in [2.05, 4.69) is 17.9 Å². The largest absolute Gasteiger partial charge is 0.343 e. The molecule has 0 heterocycles. The van der Waals surface area contributed by atoms with Gasteiger partial charge in [0.25, 0.3) is 0 Å². The zero-order chi connectivity index (χ0) is 8.85. The van der Waals surface area contributed by atoms with E-state index in [4.69, 9.17) is 17.3 Å². The minimum absolute atomic E-state index is 0.158. The van der Waals surface area contributed by atoms with Crippen LogP contribution in [0.25, 0.3) is 0 Å². The first kappa shape index (κ1) is 10.7. The molecule has 11 heavy (non-hydrogen) atoms. The van der Waals surface area contributed by atoms with Gasteiger partial charge in [-0.15, -0.1) is 0 Å². The van der Waals surface area contributed by atoms with E-state index in [1.54, 1.807) is 0 Å². The predicted octanol–water partition coefficient (Wildman–Crippen LogP) is -0.875. The molecule has 0 aromatic rings. The Morgan fingerprint density at radius 1 is 1.64 bits per heavy atom. The Morgan fingerprint density at radius 3 is 2.45 bits per heavy atom. The molecule has 64 valence electrons. The summed E-state index contributed by atoms with van der Waals surface area (Å²) in [5, 5.41) is 1.66. The van der Waals surface area contributed by atoms with Gasteiger partial charge in [-0.05, 0) is 11.6 Å². The topological polar surface area (TPSA) is 72.2 Å². The van der Waals surface area contributed by atoms with Crippen molar-refractivity contribution in [3.8, 4) is 0 Å². The lowest BCUT2D eigenvalue weighted by molar-refractivity contribution is -0.123. The molecule has 4 nitrogen and oxygen atoms in total. The number of rotatable bonds is 4. The first-order valence-corrected chi connectivity index (χ1v) is 3.92. The second-order valence-electron chi connectivity index (χ2n) is 1.81. The summed E-state index contributed by atoms with van der Waals surface area (Å²) < 4.78 is 0. The van der Waals surface area contributed by atoms with Crippen LogP contribution in [-0.4, -0.2) is 29.5 Å². The highest BCUT2D eigenvalue weighted by atomic mass is 35.5. The number of carbonyl (C=O) groups excluding carboxylic acids is 2. The highest BCUT2D eigenvalue weighted by Crippen LogP contribution is 1.93. The summed E-state index contributed by atoms with van der Waals surface area (Å²) in [4.78, 5) is 21.1. The van der Waals surface area contributed by atoms with Crippen LogP contribution in [0.1, 0.15) is 0 Å². The second-order valence-corrected chi connectivity index (χ2v) is 2.55. The van der Waals surface area contributed by atoms with E-state index in [9.17, 15) is 9.59 Å². The van der Waals surface area contributed by atoms with Gasteiger partial charge in [0.1, 0.15) is 6.04 Å². The average molecular weight is 197 g/mol. The van der Waals surface area contributed by atoms with Crippen molar-refractivity contribution >= 4 is 35.4 Å². The first-order chi connectivity index (χ1) is 5.11. The Balaban J connectivity index is 3.88. The molecule has 0 bridgehead atoms. The van der Waals surface area contributed by atoms with Crippen molar-refractivity contribution in [2.24, 2.45) is 5.73 Å². The Kier molecular flexibility index (Phi) is 5.27. The smallest absolute Gasteiger partial charge is 0.244 e. The molecule has 1 atom stereocenters. The van der Waals surface area contributed by atoms with Crippen LogP contribution in [0.15, 0.2) is 0 Å². The van der Waals surface area contributed by atoms with Crippen molar-refractivity contribution in [1.29, 1.82) is 0 Å². The van der Waals surface area contributed by atoms with Crippen LogP contribution in [0.5, 0.6) is 0 Å². The molecule has 0 rings (SSSR count). The van der Waals surface area contributed by atoms with Gasteiger partial charge in [0.05, 0.1) is 6.54 Å². The zero-order valence-electron chi connectivity index (χ0n) is 5.71. The summed E-state index contributed by atoms with van der Waals surface area (Å²) in [6, 6.07) is -0.740. The Hall–Kier alpha value is -0.260. The van der Waals surface area contributed by atoms with Gasteiger partial charge in [-0.25, -0.2) is 0 Å². The summed E-state index contributed by atoms with van der Waals surface area (Å²) in [5.41, 5.74) is 4.98. The van der Waals surface area contributed by atoms with E-state index in [-0.39, 0.29) is 12.3 Å². The fraction of sp³-hybridized carbons (Fsp3) is 0.600. The van der Waals surface area contributed by atoms with Crippen LogP contribution in [0, 0.1) is 0 Å². The summed E-state index contributed by atoms with van der Waals surface area (Å²) >= 11 is 8.91. The third kappa shape index (κ3) is 4.23. The fourth-order valence-electron chi connectivity index (χ4n) is 0.427. The minimum Gasteiger partial charge on any atom is -0.343 e. The number of amides is 1. The Labute approximate surface area is 74.9 Å². The quantitative estimate of drug-likeness (QED) is 0.404. The van der Waals surface area contributed by atoms with Gasteiger partial charge in [0.2, 0.25) is 11.1 Å². The van der Waals surface area contributed by atoms with Crippen molar-refractivity contribution in [1.82, 2.24) is 5.32 Å². The number of nitrogens with one attached hydrogen (secondary N) is 1. The molecule has 0 saturated heterocycles. The maximum absolute atomic E-state index is 10.6. The van der Waals surface area contributed by atoms with Crippen LogP contribution in [0.4, 0.5) is 0 Å². The van der Waals surface area contributed by atoms with Crippen LogP contribution in [0.3, 0.4) is 0 Å². The average Bonchev–Trinajstić information content (AvgIpc) is 1.99. The van der Waals surface area contributed by atoms with Crippen molar-refractivity contribution < 1.29 is 9.59 Å². The number of nitrogens with two attached hydrogens (primary N) is 1. The molecule has 3 N–H and O–H groups in total. The number of halogens is 1. The third-order valence-electron chi connectivity index (χ3n) is 0.977. The molecule has 0 aliphatic carbocycles. The van der Waals surface area contributed by atoms with Crippen LogP contribution >= 0.6 is 24.2 Å². The lowest BCUT2D eigenvalue weighted by Crippen LogP contribution is -2.43. The van der Waals surface area contributed by atoms with E-state index < -0.39 is 17.2 Å². The number of carbonyl (C=O) groups is 2. The van der Waals surface area contributed by atoms with Crippen LogP contribution < -0.4 is 11.1 Å². The van der Waals surface area contributed by atoms with Crippen molar-refractivity contribution in [3.05, 3.63) is 0 Å². The zero-order valence-corrected chi connectivity index (χ0v) is 7.36. The molecule has 0 saturated carbocycles. The molecule has 1 amide bonds. The molecular weight excluding hydrogens is 188 g/mol. The number of hydrogen-bond acceptors (Lipinski definition) is 4. The minimum atomic E-state index is -0.740. The van der Waals surface area contributed by atoms with Gasteiger partial charge in [0.15, 0.2) is 0 Å². The van der Waals surface area contributed by atoms with E-state index in [0.29, 0.717) is 0 Å². The molecular formula is C5H9ClN2O2S. The maximum atomic E-state index is 10.6. The summed E-state index contributed by atoms with van der Waals surface area (Å²) in [6.45, 7) is -0.158. The van der Waals surface area contributed by atoms with Crippen LogP contribution in [0.2, 0.25) is 0 Å². The molecule has 0 unspecified atom stereocenters. The summed E-state index contributed by atoms with van der Waals surface area (Å²) in [7, 11) is 0. The predicted molar refractivity (Wildman–Crippen MR) is 45.7 cm³/mol. The number of hydrogen-bond donors (Lipinski definition) is 3. The molecule has 0 aromatic carbocycles. The van der Waals surface area contributed by atoms with Gasteiger partial charge in [0, 0.05) is 5.75 Å². The van der Waals surface area contributed by atoms with E-state index in [1.807, 2.05) is 0 Å². The fourth-order valence-corrected chi connectivity index (χ4v) is 0.924. The lowest BCUT2D eigenvalue weighted by atomic mass is 10.3. The highest BCUT2D eigenvalue weighted by Gasteiger charge is 2.15. The SMILES string of the molecule is NCC(=O)N[C@@H](CS)C(=O)Cl. The van der Waals surface area contributed by atoms with Crippen molar-refractivity contribution in [2.45, 2.75) is 6.04 Å². The van der Waals surface area contributed by atoms with Gasteiger partial charge < -0.3 is 11.1 Å². The first-order valence-electron chi connectivity index (χ1n) is 2.91. The Bertz CT molecular complexity index is 165. The number of thiol groups is 1. The molecule has 0 fully saturated rings. The second kappa shape index (κ2) is 5.40. The highest BCUT2D eigenvalue weighted by molar-refractivity contribution is 7.80. The molecule has 0 aliphatic rings. The maximum Gasteiger partial charge on any atom is 0.244 e. The van der Waals surface area contributed by atoms with Crippen molar-refractivity contribution in [2.75, 3.05) is 12.3 Å². The van der Waals surface area contributed by atoms with Crippen LogP contribution in [-0.2, 0) is 9.59 Å². The monoisotopic (exact) mass is 196 g/mol. The van der Waals surface area contributed by atoms with Gasteiger partial charge >= 0.3 is 0 Å². The summed E-state index contributed by atoms with van der Waals surface area (Å²) in [6.07, 6.45) is 0. The normalized spacial score (nSPS) is 12.3. The Morgan fingerprint density at radius 2 is 2.18 bits per heavy atom.